The first-order valence-corrected chi connectivity index (χ1v) is 9.96. The Morgan fingerprint density at radius 3 is 2.65 bits per heavy atom. The number of aromatic nitrogens is 2. The number of carbonyl (C=O) groups excluding carboxylic acids is 1. The molecule has 1 aromatic carbocycles. The maximum atomic E-state index is 13.1. The number of nitrogens with zero attached hydrogens (tertiary/aromatic N) is 3. The predicted molar refractivity (Wildman–Crippen MR) is 94.8 cm³/mol. The van der Waals surface area contributed by atoms with Crippen LogP contribution in [0.15, 0.2) is 30.5 Å². The van der Waals surface area contributed by atoms with Gasteiger partial charge in [0.15, 0.2) is 0 Å². The van der Waals surface area contributed by atoms with Gasteiger partial charge in [-0.3, -0.25) is 4.79 Å². The lowest BCUT2D eigenvalue weighted by molar-refractivity contribution is -0.121. The standard InChI is InChI=1S/C17H21FN4O3S/c1-12(20-17(23)11-21-8-3-9-26(21,24)25)16-10-19-22(13(16)2)15-6-4-14(18)5-7-15/h4-7,10,12H,3,8-9,11H2,1-2H3,(H,20,23)/t12-/m0/s1. The Kier molecular flexibility index (Phi) is 5.10. The van der Waals surface area contributed by atoms with Crippen LogP contribution in [0.5, 0.6) is 0 Å². The highest BCUT2D eigenvalue weighted by atomic mass is 32.2. The van der Waals surface area contributed by atoms with Crippen LogP contribution in [0.2, 0.25) is 0 Å². The van der Waals surface area contributed by atoms with E-state index in [1.54, 1.807) is 23.0 Å². The summed E-state index contributed by atoms with van der Waals surface area (Å²) < 4.78 is 39.6. The zero-order valence-corrected chi connectivity index (χ0v) is 15.5. The smallest absolute Gasteiger partial charge is 0.235 e. The van der Waals surface area contributed by atoms with Crippen LogP contribution < -0.4 is 5.32 Å². The van der Waals surface area contributed by atoms with Crippen molar-refractivity contribution in [2.45, 2.75) is 26.3 Å². The number of carbonyl (C=O) groups is 1. The fourth-order valence-corrected chi connectivity index (χ4v) is 4.56. The Labute approximate surface area is 151 Å². The van der Waals surface area contributed by atoms with Crippen LogP contribution >= 0.6 is 0 Å². The molecule has 0 spiro atoms. The van der Waals surface area contributed by atoms with Gasteiger partial charge in [0, 0.05) is 17.8 Å². The molecule has 7 nitrogen and oxygen atoms in total. The van der Waals surface area contributed by atoms with Gasteiger partial charge in [-0.25, -0.2) is 17.5 Å². The second-order valence-corrected chi connectivity index (χ2v) is 8.45. The molecule has 0 aliphatic carbocycles. The first-order chi connectivity index (χ1) is 12.3. The number of sulfonamides is 1. The minimum atomic E-state index is -3.30. The Morgan fingerprint density at radius 1 is 1.35 bits per heavy atom. The fourth-order valence-electron chi connectivity index (χ4n) is 3.08. The van der Waals surface area contributed by atoms with Gasteiger partial charge in [0.1, 0.15) is 5.82 Å². The molecule has 1 fully saturated rings. The van der Waals surface area contributed by atoms with Crippen LogP contribution in [0.4, 0.5) is 4.39 Å². The van der Waals surface area contributed by atoms with Crippen molar-refractivity contribution in [3.8, 4) is 5.69 Å². The Hall–Kier alpha value is -2.26. The Bertz CT molecular complexity index is 909. The van der Waals surface area contributed by atoms with E-state index in [2.05, 4.69) is 10.4 Å². The van der Waals surface area contributed by atoms with E-state index in [9.17, 15) is 17.6 Å². The average Bonchev–Trinajstić information content (AvgIpc) is 3.11. The molecule has 1 atom stereocenters. The normalized spacial score (nSPS) is 18.0. The molecule has 140 valence electrons. The summed E-state index contributed by atoms with van der Waals surface area (Å²) >= 11 is 0. The Balaban J connectivity index is 1.69. The zero-order chi connectivity index (χ0) is 18.9. The van der Waals surface area contributed by atoms with Gasteiger partial charge in [-0.15, -0.1) is 0 Å². The van der Waals surface area contributed by atoms with Gasteiger partial charge in [0.25, 0.3) is 0 Å². The fraction of sp³-hybridized carbons (Fsp3) is 0.412. The molecule has 26 heavy (non-hydrogen) atoms. The maximum absolute atomic E-state index is 13.1. The van der Waals surface area contributed by atoms with Crippen molar-refractivity contribution in [1.82, 2.24) is 19.4 Å². The number of rotatable bonds is 5. The number of amides is 1. The summed E-state index contributed by atoms with van der Waals surface area (Å²) in [6.45, 7) is 3.89. The lowest BCUT2D eigenvalue weighted by Gasteiger charge is -2.17. The van der Waals surface area contributed by atoms with E-state index in [4.69, 9.17) is 0 Å². The lowest BCUT2D eigenvalue weighted by atomic mass is 10.1. The van der Waals surface area contributed by atoms with Gasteiger partial charge in [-0.2, -0.15) is 9.40 Å². The van der Waals surface area contributed by atoms with Gasteiger partial charge in [-0.1, -0.05) is 0 Å². The zero-order valence-electron chi connectivity index (χ0n) is 14.6. The molecule has 0 unspecified atom stereocenters. The molecule has 3 rings (SSSR count). The third-order valence-electron chi connectivity index (χ3n) is 4.49. The van der Waals surface area contributed by atoms with E-state index >= 15 is 0 Å². The summed E-state index contributed by atoms with van der Waals surface area (Å²) in [6.07, 6.45) is 2.20. The molecule has 9 heteroatoms. The van der Waals surface area contributed by atoms with Crippen LogP contribution in [-0.2, 0) is 14.8 Å². The quantitative estimate of drug-likeness (QED) is 0.853. The molecular formula is C17H21FN4O3S. The minimum Gasteiger partial charge on any atom is -0.348 e. The average molecular weight is 380 g/mol. The highest BCUT2D eigenvalue weighted by Crippen LogP contribution is 2.20. The first kappa shape index (κ1) is 18.5. The summed E-state index contributed by atoms with van der Waals surface area (Å²) in [4.78, 5) is 12.2. The Morgan fingerprint density at radius 2 is 2.04 bits per heavy atom. The summed E-state index contributed by atoms with van der Waals surface area (Å²) in [5.41, 5.74) is 2.35. The van der Waals surface area contributed by atoms with Gasteiger partial charge < -0.3 is 5.32 Å². The van der Waals surface area contributed by atoms with Crippen LogP contribution in [0.3, 0.4) is 0 Å². The van der Waals surface area contributed by atoms with Crippen LogP contribution in [0.1, 0.15) is 30.6 Å². The van der Waals surface area contributed by atoms with Crippen molar-refractivity contribution < 1.29 is 17.6 Å². The van der Waals surface area contributed by atoms with Crippen LogP contribution in [0.25, 0.3) is 5.69 Å². The summed E-state index contributed by atoms with van der Waals surface area (Å²) in [5.74, 6) is -0.576. The summed E-state index contributed by atoms with van der Waals surface area (Å²) in [5, 5.41) is 7.12. The predicted octanol–water partition coefficient (Wildman–Crippen LogP) is 1.53. The summed E-state index contributed by atoms with van der Waals surface area (Å²) in [6, 6.07) is 5.64. The number of benzene rings is 1. The molecule has 0 saturated carbocycles. The SMILES string of the molecule is Cc1c([C@H](C)NC(=O)CN2CCCS2(=O)=O)cnn1-c1ccc(F)cc1. The maximum Gasteiger partial charge on any atom is 0.235 e. The van der Waals surface area contributed by atoms with Crippen molar-refractivity contribution in [2.24, 2.45) is 0 Å². The summed E-state index contributed by atoms with van der Waals surface area (Å²) in [7, 11) is -3.30. The molecule has 2 heterocycles. The third-order valence-corrected chi connectivity index (χ3v) is 6.39. The molecule has 2 aromatic rings. The third kappa shape index (κ3) is 3.78. The van der Waals surface area contributed by atoms with E-state index in [1.165, 1.54) is 16.4 Å². The topological polar surface area (TPSA) is 84.3 Å². The van der Waals surface area contributed by atoms with Crippen molar-refractivity contribution in [3.05, 3.63) is 47.5 Å². The van der Waals surface area contributed by atoms with Gasteiger partial charge in [0.2, 0.25) is 15.9 Å². The monoisotopic (exact) mass is 380 g/mol. The second kappa shape index (κ2) is 7.16. The van der Waals surface area contributed by atoms with Crippen LogP contribution in [0, 0.1) is 12.7 Å². The van der Waals surface area contributed by atoms with Crippen LogP contribution in [-0.4, -0.2) is 47.3 Å². The van der Waals surface area contributed by atoms with Crippen molar-refractivity contribution >= 4 is 15.9 Å². The van der Waals surface area contributed by atoms with E-state index in [1.807, 2.05) is 13.8 Å². The van der Waals surface area contributed by atoms with Gasteiger partial charge >= 0.3 is 0 Å². The molecule has 0 radical (unpaired) electrons. The van der Waals surface area contributed by atoms with Crippen molar-refractivity contribution in [2.75, 3.05) is 18.8 Å². The highest BCUT2D eigenvalue weighted by molar-refractivity contribution is 7.89. The molecule has 1 N–H and O–H groups in total. The molecule has 1 aromatic heterocycles. The molecule has 0 bridgehead atoms. The molecule has 1 amide bonds. The van der Waals surface area contributed by atoms with Crippen molar-refractivity contribution in [1.29, 1.82) is 0 Å². The number of nitrogens with one attached hydrogen (secondary N) is 1. The number of hydrogen-bond donors (Lipinski definition) is 1. The molecule has 1 aliphatic rings. The van der Waals surface area contributed by atoms with E-state index < -0.39 is 10.0 Å². The first-order valence-electron chi connectivity index (χ1n) is 8.35. The highest BCUT2D eigenvalue weighted by Gasteiger charge is 2.30. The van der Waals surface area contributed by atoms with E-state index in [0.717, 1.165) is 16.9 Å². The molecule has 1 saturated heterocycles. The number of hydrogen-bond acceptors (Lipinski definition) is 4. The van der Waals surface area contributed by atoms with Crippen molar-refractivity contribution in [3.63, 3.8) is 0 Å². The number of halogens is 1. The molecule has 1 aliphatic heterocycles. The second-order valence-electron chi connectivity index (χ2n) is 6.37. The minimum absolute atomic E-state index is 0.0966. The van der Waals surface area contributed by atoms with Gasteiger partial charge in [0.05, 0.1) is 30.2 Å². The van der Waals surface area contributed by atoms with E-state index in [0.29, 0.717) is 13.0 Å². The van der Waals surface area contributed by atoms with E-state index in [-0.39, 0.29) is 30.1 Å². The molecular weight excluding hydrogens is 359 g/mol. The lowest BCUT2D eigenvalue weighted by Crippen LogP contribution is -2.39. The largest absolute Gasteiger partial charge is 0.348 e. The van der Waals surface area contributed by atoms with Gasteiger partial charge in [-0.05, 0) is 44.5 Å².